The number of hydrogen-bond donors (Lipinski definition) is 1. The average molecular weight is 379 g/mol. The summed E-state index contributed by atoms with van der Waals surface area (Å²) in [7, 11) is 1.56. The second-order valence-electron chi connectivity index (χ2n) is 7.12. The van der Waals surface area contributed by atoms with E-state index < -0.39 is 6.04 Å². The Balaban J connectivity index is 2.01. The third kappa shape index (κ3) is 2.77. The molecule has 3 aromatic rings. The topological polar surface area (TPSA) is 80.0 Å². The van der Waals surface area contributed by atoms with Gasteiger partial charge in [0.25, 0.3) is 5.91 Å². The van der Waals surface area contributed by atoms with E-state index in [1.54, 1.807) is 42.3 Å². The lowest BCUT2D eigenvalue weighted by atomic mass is 9.97. The van der Waals surface area contributed by atoms with Crippen LogP contribution in [0.15, 0.2) is 45.6 Å². The largest absolute Gasteiger partial charge is 0.508 e. The Kier molecular flexibility index (Phi) is 4.43. The molecule has 0 fully saturated rings. The van der Waals surface area contributed by atoms with Gasteiger partial charge >= 0.3 is 0 Å². The molecule has 1 amide bonds. The first-order valence-corrected chi connectivity index (χ1v) is 9.09. The Morgan fingerprint density at radius 3 is 2.68 bits per heavy atom. The molecule has 0 aliphatic carbocycles. The molecule has 0 saturated heterocycles. The van der Waals surface area contributed by atoms with Gasteiger partial charge in [-0.15, -0.1) is 0 Å². The van der Waals surface area contributed by atoms with Gasteiger partial charge in [0.15, 0.2) is 5.43 Å². The van der Waals surface area contributed by atoms with Gasteiger partial charge in [0.2, 0.25) is 5.76 Å². The molecule has 0 saturated carbocycles. The molecule has 6 nitrogen and oxygen atoms in total. The molecule has 144 valence electrons. The van der Waals surface area contributed by atoms with E-state index in [0.29, 0.717) is 35.2 Å². The zero-order valence-electron chi connectivity index (χ0n) is 16.0. The molecule has 2 heterocycles. The Labute approximate surface area is 162 Å². The highest BCUT2D eigenvalue weighted by molar-refractivity contribution is 5.99. The number of methoxy groups -OCH3 is 1. The van der Waals surface area contributed by atoms with Gasteiger partial charge in [-0.05, 0) is 48.7 Å². The minimum atomic E-state index is -0.633. The van der Waals surface area contributed by atoms with Gasteiger partial charge in [-0.3, -0.25) is 9.59 Å². The molecule has 0 bridgehead atoms. The summed E-state index contributed by atoms with van der Waals surface area (Å²) in [5.41, 5.74) is 2.94. The molecule has 1 aliphatic rings. The zero-order chi connectivity index (χ0) is 20.0. The highest BCUT2D eigenvalue weighted by Gasteiger charge is 2.42. The Hall–Kier alpha value is -3.12. The number of amides is 1. The quantitative estimate of drug-likeness (QED) is 0.752. The van der Waals surface area contributed by atoms with Crippen LogP contribution in [0.2, 0.25) is 0 Å². The van der Waals surface area contributed by atoms with Gasteiger partial charge in [0.1, 0.15) is 11.3 Å². The average Bonchev–Trinajstić information content (AvgIpc) is 2.93. The van der Waals surface area contributed by atoms with Crippen molar-refractivity contribution in [1.29, 1.82) is 0 Å². The van der Waals surface area contributed by atoms with Crippen LogP contribution in [0, 0.1) is 13.8 Å². The Morgan fingerprint density at radius 2 is 1.96 bits per heavy atom. The van der Waals surface area contributed by atoms with E-state index in [4.69, 9.17) is 9.15 Å². The number of fused-ring (bicyclic) bond motifs is 2. The Bertz CT molecular complexity index is 1150. The second kappa shape index (κ2) is 6.80. The molecule has 1 atom stereocenters. The molecule has 0 spiro atoms. The molecule has 1 aliphatic heterocycles. The van der Waals surface area contributed by atoms with E-state index in [2.05, 4.69) is 0 Å². The van der Waals surface area contributed by atoms with Crippen molar-refractivity contribution in [1.82, 2.24) is 4.90 Å². The van der Waals surface area contributed by atoms with Crippen LogP contribution < -0.4 is 5.43 Å². The maximum atomic E-state index is 13.4. The second-order valence-corrected chi connectivity index (χ2v) is 7.12. The number of benzene rings is 2. The summed E-state index contributed by atoms with van der Waals surface area (Å²) in [5, 5.41) is 10.4. The van der Waals surface area contributed by atoms with Gasteiger partial charge in [0, 0.05) is 13.7 Å². The van der Waals surface area contributed by atoms with Gasteiger partial charge in [-0.2, -0.15) is 0 Å². The first kappa shape index (κ1) is 18.3. The van der Waals surface area contributed by atoms with Crippen LogP contribution in [0.4, 0.5) is 0 Å². The molecular formula is C22H21NO5. The summed E-state index contributed by atoms with van der Waals surface area (Å²) < 4.78 is 11.1. The number of aryl methyl sites for hydroxylation is 2. The van der Waals surface area contributed by atoms with Crippen molar-refractivity contribution in [3.05, 3.63) is 74.6 Å². The number of aromatic hydroxyl groups is 1. The fourth-order valence-electron chi connectivity index (χ4n) is 3.94. The molecule has 1 N–H and O–H groups in total. The predicted octanol–water partition coefficient (Wildman–Crippen LogP) is 3.31. The van der Waals surface area contributed by atoms with Crippen LogP contribution in [0.25, 0.3) is 11.0 Å². The standard InChI is InChI=1S/C22H21NO5/c1-12-9-13(2)20-16(10-12)19(25)17-18(14-5-4-6-15(24)11-14)23(7-8-27-3)22(26)21(17)28-20/h4-6,9-11,18,24H,7-8H2,1-3H3/t18-/m0/s1. The molecular weight excluding hydrogens is 358 g/mol. The van der Waals surface area contributed by atoms with Crippen molar-refractivity contribution >= 4 is 16.9 Å². The van der Waals surface area contributed by atoms with E-state index in [1.165, 1.54) is 0 Å². The van der Waals surface area contributed by atoms with Crippen molar-refractivity contribution in [3.8, 4) is 5.75 Å². The highest BCUT2D eigenvalue weighted by atomic mass is 16.5. The normalized spacial score (nSPS) is 16.0. The van der Waals surface area contributed by atoms with Gasteiger partial charge in [0.05, 0.1) is 23.6 Å². The summed E-state index contributed by atoms with van der Waals surface area (Å²) in [6.07, 6.45) is 0. The number of ether oxygens (including phenoxy) is 1. The zero-order valence-corrected chi connectivity index (χ0v) is 16.0. The molecule has 0 unspecified atom stereocenters. The summed E-state index contributed by atoms with van der Waals surface area (Å²) in [5.74, 6) is -0.213. The van der Waals surface area contributed by atoms with Gasteiger partial charge < -0.3 is 19.2 Å². The van der Waals surface area contributed by atoms with E-state index in [1.807, 2.05) is 19.9 Å². The maximum Gasteiger partial charge on any atom is 0.290 e. The van der Waals surface area contributed by atoms with Crippen LogP contribution in [0.5, 0.6) is 5.75 Å². The number of nitrogens with zero attached hydrogens (tertiary/aromatic N) is 1. The number of phenolic OH excluding ortho intramolecular Hbond substituents is 1. The van der Waals surface area contributed by atoms with Crippen molar-refractivity contribution in [2.75, 3.05) is 20.3 Å². The van der Waals surface area contributed by atoms with Crippen molar-refractivity contribution in [2.45, 2.75) is 19.9 Å². The maximum absolute atomic E-state index is 13.4. The monoisotopic (exact) mass is 379 g/mol. The molecule has 28 heavy (non-hydrogen) atoms. The van der Waals surface area contributed by atoms with Crippen LogP contribution in [-0.2, 0) is 4.74 Å². The molecule has 1 aromatic heterocycles. The smallest absolute Gasteiger partial charge is 0.290 e. The molecule has 4 rings (SSSR count). The van der Waals surface area contributed by atoms with Crippen LogP contribution in [-0.4, -0.2) is 36.2 Å². The highest BCUT2D eigenvalue weighted by Crippen LogP contribution is 2.39. The third-order valence-corrected chi connectivity index (χ3v) is 5.12. The SMILES string of the molecule is COCCN1C(=O)c2oc3c(C)cc(C)cc3c(=O)c2[C@@H]1c1cccc(O)c1. The minimum absolute atomic E-state index is 0.0638. The fraction of sp³-hybridized carbons (Fsp3) is 0.273. The summed E-state index contributed by atoms with van der Waals surface area (Å²) in [4.78, 5) is 28.1. The van der Waals surface area contributed by atoms with E-state index >= 15 is 0 Å². The lowest BCUT2D eigenvalue weighted by Crippen LogP contribution is -2.32. The van der Waals surface area contributed by atoms with Crippen molar-refractivity contribution in [2.24, 2.45) is 0 Å². The summed E-state index contributed by atoms with van der Waals surface area (Å²) >= 11 is 0. The molecule has 6 heteroatoms. The lowest BCUT2D eigenvalue weighted by Gasteiger charge is -2.24. The lowest BCUT2D eigenvalue weighted by molar-refractivity contribution is 0.0663. The first-order valence-electron chi connectivity index (χ1n) is 9.09. The van der Waals surface area contributed by atoms with Crippen molar-refractivity contribution in [3.63, 3.8) is 0 Å². The van der Waals surface area contributed by atoms with Crippen molar-refractivity contribution < 1.29 is 19.1 Å². The number of carbonyl (C=O) groups excluding carboxylic acids is 1. The first-order chi connectivity index (χ1) is 13.4. The van der Waals surface area contributed by atoms with Gasteiger partial charge in [-0.25, -0.2) is 0 Å². The molecule has 2 aromatic carbocycles. The van der Waals surface area contributed by atoms with E-state index in [9.17, 15) is 14.7 Å². The number of phenols is 1. The number of carbonyl (C=O) groups is 1. The fourth-order valence-corrected chi connectivity index (χ4v) is 3.94. The summed E-state index contributed by atoms with van der Waals surface area (Å²) in [6.45, 7) is 4.40. The predicted molar refractivity (Wildman–Crippen MR) is 105 cm³/mol. The van der Waals surface area contributed by atoms with E-state index in [0.717, 1.165) is 11.1 Å². The van der Waals surface area contributed by atoms with Gasteiger partial charge in [-0.1, -0.05) is 18.2 Å². The minimum Gasteiger partial charge on any atom is -0.508 e. The Morgan fingerprint density at radius 1 is 1.18 bits per heavy atom. The number of hydrogen-bond acceptors (Lipinski definition) is 5. The van der Waals surface area contributed by atoms with Crippen LogP contribution in [0.1, 0.15) is 38.9 Å². The third-order valence-electron chi connectivity index (χ3n) is 5.12. The summed E-state index contributed by atoms with van der Waals surface area (Å²) in [6, 6.07) is 9.68. The number of rotatable bonds is 4. The van der Waals surface area contributed by atoms with Crippen LogP contribution in [0.3, 0.4) is 0 Å². The molecule has 0 radical (unpaired) electrons. The van der Waals surface area contributed by atoms with Crippen LogP contribution >= 0.6 is 0 Å². The van der Waals surface area contributed by atoms with E-state index in [-0.39, 0.29) is 22.8 Å².